The van der Waals surface area contributed by atoms with Gasteiger partial charge in [-0.1, -0.05) is 0 Å². The molecule has 10 heteroatoms. The van der Waals surface area contributed by atoms with Gasteiger partial charge in [-0.2, -0.15) is 0 Å². The molecule has 1 aromatic rings. The Morgan fingerprint density at radius 3 is 2.82 bits per heavy atom. The van der Waals surface area contributed by atoms with Crippen LogP contribution in [0, 0.1) is 0 Å². The first-order valence-corrected chi connectivity index (χ1v) is 8.40. The Kier molecular flexibility index (Phi) is 4.74. The molecule has 0 fully saturated rings. The number of aromatic carboxylic acids is 1. The molecule has 0 saturated carbocycles. The van der Waals surface area contributed by atoms with E-state index in [1.54, 1.807) is 0 Å². The Balaban J connectivity index is 2.86. The standard InChI is InChI=1S/C7H10N2O5S3/c1-16(12)3-2-9-17(13,14)7-5(6(10)11)8-4-15-7/h4,9H,2-3H2,1H3,(H,10,11). The van der Waals surface area contributed by atoms with E-state index in [9.17, 15) is 17.4 Å². The SMILES string of the molecule is CS(=O)CCNS(=O)(=O)c1scnc1C(=O)O. The Labute approximate surface area is 104 Å². The second kappa shape index (κ2) is 5.67. The fraction of sp³-hybridized carbons (Fsp3) is 0.429. The van der Waals surface area contributed by atoms with E-state index in [0.717, 1.165) is 16.8 Å². The van der Waals surface area contributed by atoms with Gasteiger partial charge in [-0.25, -0.2) is 22.9 Å². The number of nitrogens with zero attached hydrogens (tertiary/aromatic N) is 1. The summed E-state index contributed by atoms with van der Waals surface area (Å²) in [5.74, 6) is -1.23. The number of hydrogen-bond donors (Lipinski definition) is 2. The normalized spacial score (nSPS) is 13.5. The summed E-state index contributed by atoms with van der Waals surface area (Å²) in [5.41, 5.74) is 0.649. The van der Waals surface area contributed by atoms with Crippen molar-refractivity contribution in [1.29, 1.82) is 0 Å². The Morgan fingerprint density at radius 2 is 2.29 bits per heavy atom. The summed E-state index contributed by atoms with van der Waals surface area (Å²) in [7, 11) is -5.01. The van der Waals surface area contributed by atoms with Crippen molar-refractivity contribution in [3.05, 3.63) is 11.2 Å². The fourth-order valence-corrected chi connectivity index (χ4v) is 3.69. The van der Waals surface area contributed by atoms with Gasteiger partial charge in [0.2, 0.25) is 0 Å². The lowest BCUT2D eigenvalue weighted by Gasteiger charge is -2.03. The summed E-state index contributed by atoms with van der Waals surface area (Å²) in [5, 5.41) is 8.73. The van der Waals surface area contributed by atoms with E-state index >= 15 is 0 Å². The lowest BCUT2D eigenvalue weighted by atomic mass is 10.5. The first-order chi connectivity index (χ1) is 7.84. The van der Waals surface area contributed by atoms with Crippen LogP contribution in [0.25, 0.3) is 0 Å². The summed E-state index contributed by atoms with van der Waals surface area (Å²) >= 11 is 0.725. The van der Waals surface area contributed by atoms with Crippen LogP contribution in [0.15, 0.2) is 9.72 Å². The van der Waals surface area contributed by atoms with E-state index in [4.69, 9.17) is 5.11 Å². The van der Waals surface area contributed by atoms with E-state index in [2.05, 4.69) is 9.71 Å². The largest absolute Gasteiger partial charge is 0.476 e. The van der Waals surface area contributed by atoms with Gasteiger partial charge in [0, 0.05) is 29.4 Å². The number of aromatic nitrogens is 1. The van der Waals surface area contributed by atoms with Gasteiger partial charge in [0.15, 0.2) is 9.90 Å². The zero-order valence-corrected chi connectivity index (χ0v) is 11.2. The van der Waals surface area contributed by atoms with Crippen LogP contribution < -0.4 is 4.72 Å². The molecule has 1 aromatic heterocycles. The van der Waals surface area contributed by atoms with Gasteiger partial charge in [-0.3, -0.25) is 4.21 Å². The van der Waals surface area contributed by atoms with Crippen LogP contribution in [0.5, 0.6) is 0 Å². The van der Waals surface area contributed by atoms with Gasteiger partial charge < -0.3 is 5.11 Å². The average molecular weight is 298 g/mol. The molecule has 0 spiro atoms. The number of hydrogen-bond acceptors (Lipinski definition) is 6. The highest BCUT2D eigenvalue weighted by molar-refractivity contribution is 7.91. The van der Waals surface area contributed by atoms with Crippen LogP contribution in [0.2, 0.25) is 0 Å². The second-order valence-electron chi connectivity index (χ2n) is 2.97. The minimum atomic E-state index is -3.90. The van der Waals surface area contributed by atoms with E-state index in [1.807, 2.05) is 0 Å². The van der Waals surface area contributed by atoms with Gasteiger partial charge >= 0.3 is 5.97 Å². The molecule has 0 saturated heterocycles. The summed E-state index contributed by atoms with van der Waals surface area (Å²) < 4.78 is 36.0. The van der Waals surface area contributed by atoms with Crippen molar-refractivity contribution in [2.45, 2.75) is 4.21 Å². The minimum absolute atomic E-state index is 0.0115. The van der Waals surface area contributed by atoms with Crippen molar-refractivity contribution in [2.24, 2.45) is 0 Å². The molecule has 17 heavy (non-hydrogen) atoms. The van der Waals surface area contributed by atoms with Gasteiger partial charge in [0.1, 0.15) is 0 Å². The first-order valence-electron chi connectivity index (χ1n) is 4.31. The van der Waals surface area contributed by atoms with Crippen LogP contribution in [-0.2, 0) is 20.8 Å². The van der Waals surface area contributed by atoms with Gasteiger partial charge in [-0.05, 0) is 0 Å². The molecule has 96 valence electrons. The highest BCUT2D eigenvalue weighted by atomic mass is 32.2. The third-order valence-corrected chi connectivity index (χ3v) is 5.27. The molecule has 1 atom stereocenters. The number of carbonyl (C=O) groups is 1. The van der Waals surface area contributed by atoms with E-state index in [-0.39, 0.29) is 16.5 Å². The Morgan fingerprint density at radius 1 is 1.65 bits per heavy atom. The molecular formula is C7H10N2O5S3. The molecular weight excluding hydrogens is 288 g/mol. The Bertz CT molecular complexity index is 535. The predicted octanol–water partition coefficient (Wildman–Crippen LogP) is -0.502. The van der Waals surface area contributed by atoms with Crippen molar-refractivity contribution >= 4 is 38.1 Å². The van der Waals surface area contributed by atoms with Crippen molar-refractivity contribution in [1.82, 2.24) is 9.71 Å². The molecule has 7 nitrogen and oxygen atoms in total. The van der Waals surface area contributed by atoms with Crippen LogP contribution in [0.3, 0.4) is 0 Å². The maximum absolute atomic E-state index is 11.7. The third kappa shape index (κ3) is 3.84. The molecule has 0 radical (unpaired) electrons. The molecule has 0 aliphatic carbocycles. The molecule has 1 heterocycles. The molecule has 0 aliphatic rings. The summed E-state index contributed by atoms with van der Waals surface area (Å²) in [4.78, 5) is 14.2. The maximum atomic E-state index is 11.7. The number of carboxylic acid groups (broad SMARTS) is 1. The second-order valence-corrected chi connectivity index (χ2v) is 7.34. The van der Waals surface area contributed by atoms with Crippen LogP contribution >= 0.6 is 11.3 Å². The molecule has 1 unspecified atom stereocenters. The van der Waals surface area contributed by atoms with Gasteiger partial charge in [0.05, 0.1) is 5.51 Å². The van der Waals surface area contributed by atoms with E-state index < -0.39 is 32.5 Å². The molecule has 2 N–H and O–H groups in total. The molecule has 0 bridgehead atoms. The lowest BCUT2D eigenvalue weighted by molar-refractivity contribution is 0.0687. The van der Waals surface area contributed by atoms with Crippen molar-refractivity contribution in [3.63, 3.8) is 0 Å². The molecule has 0 amide bonds. The van der Waals surface area contributed by atoms with Gasteiger partial charge in [0.25, 0.3) is 10.0 Å². The van der Waals surface area contributed by atoms with Crippen molar-refractivity contribution in [3.8, 4) is 0 Å². The lowest BCUT2D eigenvalue weighted by Crippen LogP contribution is -2.28. The first kappa shape index (κ1) is 14.2. The zero-order chi connectivity index (χ0) is 13.1. The number of thiazole rings is 1. The van der Waals surface area contributed by atoms with Crippen molar-refractivity contribution in [2.75, 3.05) is 18.6 Å². The highest BCUT2D eigenvalue weighted by Gasteiger charge is 2.25. The van der Waals surface area contributed by atoms with Crippen molar-refractivity contribution < 1.29 is 22.5 Å². The molecule has 1 rings (SSSR count). The highest BCUT2D eigenvalue weighted by Crippen LogP contribution is 2.19. The zero-order valence-electron chi connectivity index (χ0n) is 8.74. The molecule has 0 aromatic carbocycles. The van der Waals surface area contributed by atoms with Crippen LogP contribution in [0.4, 0.5) is 0 Å². The topological polar surface area (TPSA) is 113 Å². The average Bonchev–Trinajstić information content (AvgIpc) is 2.65. The van der Waals surface area contributed by atoms with E-state index in [0.29, 0.717) is 0 Å². The smallest absolute Gasteiger partial charge is 0.356 e. The number of carboxylic acids is 1. The summed E-state index contributed by atoms with van der Waals surface area (Å²) in [6.45, 7) is -0.0115. The Hall–Kier alpha value is -0.840. The summed E-state index contributed by atoms with van der Waals surface area (Å²) in [6, 6.07) is 0. The predicted molar refractivity (Wildman–Crippen MR) is 63.2 cm³/mol. The van der Waals surface area contributed by atoms with Crippen LogP contribution in [0.1, 0.15) is 10.5 Å². The third-order valence-electron chi connectivity index (χ3n) is 1.66. The maximum Gasteiger partial charge on any atom is 0.356 e. The van der Waals surface area contributed by atoms with Gasteiger partial charge in [-0.15, -0.1) is 11.3 Å². The monoisotopic (exact) mass is 298 g/mol. The quantitative estimate of drug-likeness (QED) is 0.732. The number of nitrogens with one attached hydrogen (secondary N) is 1. The minimum Gasteiger partial charge on any atom is -0.476 e. The number of rotatable bonds is 6. The summed E-state index contributed by atoms with van der Waals surface area (Å²) in [6.07, 6.45) is 1.45. The number of sulfonamides is 1. The fourth-order valence-electron chi connectivity index (χ4n) is 0.954. The van der Waals surface area contributed by atoms with E-state index in [1.165, 1.54) is 6.26 Å². The van der Waals surface area contributed by atoms with Crippen LogP contribution in [-0.4, -0.2) is 47.2 Å². The molecule has 0 aliphatic heterocycles.